The van der Waals surface area contributed by atoms with E-state index in [2.05, 4.69) is 4.90 Å². The Kier molecular flexibility index (Phi) is 5.28. The van der Waals surface area contributed by atoms with Crippen LogP contribution in [0.15, 0.2) is 47.6 Å². The zero-order chi connectivity index (χ0) is 19.0. The number of halogens is 2. The highest BCUT2D eigenvalue weighted by molar-refractivity contribution is 6.53. The Morgan fingerprint density at radius 1 is 1.26 bits per heavy atom. The quantitative estimate of drug-likeness (QED) is 0.619. The smallest absolute Gasteiger partial charge is 0.314 e. The highest BCUT2D eigenvalue weighted by Gasteiger charge is 2.42. The monoisotopic (exact) mass is 404 g/mol. The fraction of sp³-hybridized carbons (Fsp3) is 0.350. The summed E-state index contributed by atoms with van der Waals surface area (Å²) in [7, 11) is 0. The Hall–Kier alpha value is -1.79. The highest BCUT2D eigenvalue weighted by atomic mass is 35.5. The number of rotatable bonds is 4. The molecule has 7 heteroatoms. The molecule has 27 heavy (non-hydrogen) atoms. The summed E-state index contributed by atoms with van der Waals surface area (Å²) in [6, 6.07) is 4.82. The molecule has 1 fully saturated rings. The number of piperidine rings is 1. The molecule has 3 aliphatic heterocycles. The first kappa shape index (κ1) is 18.6. The van der Waals surface area contributed by atoms with Crippen molar-refractivity contribution >= 4 is 40.5 Å². The number of hydrogen-bond donors (Lipinski definition) is 1. The third-order valence-corrected chi connectivity index (χ3v) is 5.95. The van der Waals surface area contributed by atoms with Crippen LogP contribution >= 0.6 is 23.2 Å². The average molecular weight is 405 g/mol. The molecule has 0 spiro atoms. The van der Waals surface area contributed by atoms with Crippen LogP contribution in [-0.2, 0) is 0 Å². The third-order valence-electron chi connectivity index (χ3n) is 5.13. The van der Waals surface area contributed by atoms with E-state index < -0.39 is 0 Å². The van der Waals surface area contributed by atoms with E-state index in [1.54, 1.807) is 18.2 Å². The van der Waals surface area contributed by atoms with Crippen molar-refractivity contribution in [1.29, 1.82) is 0 Å². The maximum Gasteiger partial charge on any atom is 0.314 e. The van der Waals surface area contributed by atoms with E-state index in [1.807, 2.05) is 29.0 Å². The van der Waals surface area contributed by atoms with Gasteiger partial charge in [-0.1, -0.05) is 35.3 Å². The van der Waals surface area contributed by atoms with Crippen LogP contribution in [0.25, 0.3) is 0 Å². The molecule has 140 valence electrons. The van der Waals surface area contributed by atoms with Gasteiger partial charge in [-0.15, -0.1) is 0 Å². The molecule has 1 saturated heterocycles. The predicted molar refractivity (Wildman–Crippen MR) is 107 cm³/mol. The first-order chi connectivity index (χ1) is 13.0. The second-order valence-corrected chi connectivity index (χ2v) is 7.71. The number of nitrogens with zero attached hydrogens (tertiary/aromatic N) is 3. The van der Waals surface area contributed by atoms with Crippen molar-refractivity contribution in [2.24, 2.45) is 4.99 Å². The zero-order valence-corrected chi connectivity index (χ0v) is 16.2. The van der Waals surface area contributed by atoms with Gasteiger partial charge in [0.05, 0.1) is 22.3 Å². The van der Waals surface area contributed by atoms with Gasteiger partial charge >= 0.3 is 5.84 Å². The molecule has 4 rings (SSSR count). The van der Waals surface area contributed by atoms with Crippen LogP contribution in [0.1, 0.15) is 23.2 Å². The number of Topliss-reactive ketones (excluding diaryl/α,β-unsaturated/α-hetero) is 1. The highest BCUT2D eigenvalue weighted by Crippen LogP contribution is 2.28. The standard InChI is InChI=1S/C20H20Cl2N3O2/c21-15-5-3-4-14(18(15)22)20(27)19-16-6-1-2-9-25(16)17(23-19)12-24-10-7-13(26)8-11-24/h1-6,9,13,16,26H,7-8,10-12H2/q+1. The lowest BCUT2D eigenvalue weighted by Crippen LogP contribution is -2.40. The molecule has 0 bridgehead atoms. The molecule has 3 aliphatic rings. The zero-order valence-electron chi connectivity index (χ0n) is 14.7. The van der Waals surface area contributed by atoms with Crippen molar-refractivity contribution in [3.8, 4) is 0 Å². The lowest BCUT2D eigenvalue weighted by molar-refractivity contribution is -0.466. The van der Waals surface area contributed by atoms with Gasteiger partial charge in [-0.3, -0.25) is 9.69 Å². The van der Waals surface area contributed by atoms with E-state index >= 15 is 0 Å². The normalized spacial score (nSPS) is 22.9. The topological polar surface area (TPSA) is 55.9 Å². The molecule has 1 aromatic carbocycles. The van der Waals surface area contributed by atoms with E-state index in [4.69, 9.17) is 28.2 Å². The van der Waals surface area contributed by atoms with Crippen molar-refractivity contribution in [2.75, 3.05) is 19.6 Å². The number of likely N-dealkylation sites (tertiary alicyclic amines) is 1. The fourth-order valence-electron chi connectivity index (χ4n) is 3.63. The largest absolute Gasteiger partial charge is 0.393 e. The van der Waals surface area contributed by atoms with Gasteiger partial charge in [-0.05, 0) is 42.1 Å². The summed E-state index contributed by atoms with van der Waals surface area (Å²) in [5.74, 6) is 0.625. The maximum absolute atomic E-state index is 13.1. The van der Waals surface area contributed by atoms with Gasteiger partial charge in [0.15, 0.2) is 6.04 Å². The molecule has 0 aliphatic carbocycles. The fourth-order valence-corrected chi connectivity index (χ4v) is 4.01. The predicted octanol–water partition coefficient (Wildman–Crippen LogP) is 2.95. The number of fused-ring (bicyclic) bond motifs is 1. The van der Waals surface area contributed by atoms with Crippen LogP contribution < -0.4 is 0 Å². The van der Waals surface area contributed by atoms with Crippen LogP contribution in [0.5, 0.6) is 0 Å². The molecular weight excluding hydrogens is 385 g/mol. The Bertz CT molecular complexity index is 896. The van der Waals surface area contributed by atoms with E-state index in [-0.39, 0.29) is 23.0 Å². The molecule has 1 unspecified atom stereocenters. The van der Waals surface area contributed by atoms with Crippen LogP contribution in [0, 0.1) is 0 Å². The van der Waals surface area contributed by atoms with Crippen molar-refractivity contribution in [1.82, 2.24) is 4.90 Å². The molecule has 1 atom stereocenters. The number of carbonyl (C=O) groups is 1. The Morgan fingerprint density at radius 3 is 2.81 bits per heavy atom. The number of allylic oxidation sites excluding steroid dienone is 2. The van der Waals surface area contributed by atoms with Crippen molar-refractivity contribution in [3.05, 3.63) is 58.2 Å². The van der Waals surface area contributed by atoms with E-state index in [0.717, 1.165) is 31.8 Å². The molecule has 0 saturated carbocycles. The first-order valence-corrected chi connectivity index (χ1v) is 9.77. The van der Waals surface area contributed by atoms with Crippen LogP contribution in [0.3, 0.4) is 0 Å². The summed E-state index contributed by atoms with van der Waals surface area (Å²) in [6.45, 7) is 2.28. The van der Waals surface area contributed by atoms with Gasteiger partial charge in [-0.2, -0.15) is 0 Å². The van der Waals surface area contributed by atoms with E-state index in [1.165, 1.54) is 0 Å². The second kappa shape index (κ2) is 7.68. The number of aliphatic hydroxyl groups is 1. The van der Waals surface area contributed by atoms with Crippen molar-refractivity contribution in [3.63, 3.8) is 0 Å². The Labute approximate surface area is 167 Å². The van der Waals surface area contributed by atoms with Crippen LogP contribution in [-0.4, -0.2) is 63.7 Å². The minimum atomic E-state index is -0.233. The Balaban J connectivity index is 1.62. The summed E-state index contributed by atoms with van der Waals surface area (Å²) < 4.78 is 2.02. The molecule has 3 heterocycles. The summed E-state index contributed by atoms with van der Waals surface area (Å²) in [5.41, 5.74) is 0.819. The molecule has 5 nitrogen and oxygen atoms in total. The molecule has 1 N–H and O–H groups in total. The molecule has 0 amide bonds. The van der Waals surface area contributed by atoms with Gasteiger partial charge in [0, 0.05) is 18.7 Å². The molecule has 1 aromatic rings. The first-order valence-electron chi connectivity index (χ1n) is 9.01. The van der Waals surface area contributed by atoms with Crippen molar-refractivity contribution in [2.45, 2.75) is 25.0 Å². The number of ketones is 1. The third kappa shape index (κ3) is 3.65. The summed E-state index contributed by atoms with van der Waals surface area (Å²) in [4.78, 5) is 20.1. The number of amidine groups is 1. The SMILES string of the molecule is O=C(C1=NC(CN2CCC(O)CC2)=[N+]2C=CC=CC12)c1cccc(Cl)c1Cl. The van der Waals surface area contributed by atoms with Crippen LogP contribution in [0.2, 0.25) is 10.0 Å². The minimum absolute atomic E-state index is 0.207. The van der Waals surface area contributed by atoms with Gasteiger partial charge in [0.25, 0.3) is 0 Å². The summed E-state index contributed by atoms with van der Waals surface area (Å²) in [6.07, 6.45) is 9.07. The number of benzene rings is 1. The van der Waals surface area contributed by atoms with Crippen LogP contribution in [0.4, 0.5) is 0 Å². The number of hydrogen-bond acceptors (Lipinski definition) is 4. The summed E-state index contributed by atoms with van der Waals surface area (Å²) in [5, 5.41) is 10.3. The molecule has 0 aromatic heterocycles. The Morgan fingerprint density at radius 2 is 2.04 bits per heavy atom. The van der Waals surface area contributed by atoms with E-state index in [9.17, 15) is 9.90 Å². The number of aliphatic imine (C=N–C) groups is 1. The van der Waals surface area contributed by atoms with Gasteiger partial charge < -0.3 is 5.11 Å². The van der Waals surface area contributed by atoms with Gasteiger partial charge in [0.2, 0.25) is 11.5 Å². The lowest BCUT2D eigenvalue weighted by atomic mass is 10.00. The lowest BCUT2D eigenvalue weighted by Gasteiger charge is -2.27. The molecule has 0 radical (unpaired) electrons. The molecular formula is C20H20Cl2N3O2+. The maximum atomic E-state index is 13.1. The number of aliphatic hydroxyl groups excluding tert-OH is 1. The number of carbonyl (C=O) groups excluding carboxylic acids is 1. The summed E-state index contributed by atoms with van der Waals surface area (Å²) >= 11 is 12.3. The second-order valence-electron chi connectivity index (χ2n) is 6.93. The average Bonchev–Trinajstić information content (AvgIpc) is 3.04. The van der Waals surface area contributed by atoms with Crippen molar-refractivity contribution < 1.29 is 14.5 Å². The van der Waals surface area contributed by atoms with E-state index in [0.29, 0.717) is 22.8 Å². The van der Waals surface area contributed by atoms with Gasteiger partial charge in [-0.25, -0.2) is 4.58 Å². The van der Waals surface area contributed by atoms with Gasteiger partial charge in [0.1, 0.15) is 6.54 Å². The minimum Gasteiger partial charge on any atom is -0.393 e.